The zero-order chi connectivity index (χ0) is 14.8. The molecule has 0 aromatic rings. The van der Waals surface area contributed by atoms with Crippen molar-refractivity contribution in [3.05, 3.63) is 23.8 Å². The van der Waals surface area contributed by atoms with Gasteiger partial charge in [0.15, 0.2) is 0 Å². The fourth-order valence-corrected chi connectivity index (χ4v) is 4.10. The minimum absolute atomic E-state index is 0.0168. The summed E-state index contributed by atoms with van der Waals surface area (Å²) in [5.74, 6) is -2.22. The van der Waals surface area contributed by atoms with Crippen molar-refractivity contribution in [3.63, 3.8) is 0 Å². The minimum atomic E-state index is -1.08. The summed E-state index contributed by atoms with van der Waals surface area (Å²) < 4.78 is 0. The highest BCUT2D eigenvalue weighted by molar-refractivity contribution is 5.86. The molecule has 0 aromatic heterocycles. The number of nitrogens with one attached hydrogen (secondary N) is 1. The minimum Gasteiger partial charge on any atom is -0.550 e. The zero-order valence-electron chi connectivity index (χ0n) is 12.2. The summed E-state index contributed by atoms with van der Waals surface area (Å²) in [6.45, 7) is 0.613. The first-order valence-electron chi connectivity index (χ1n) is 8.01. The molecule has 0 aliphatic heterocycles. The van der Waals surface area contributed by atoms with Crippen molar-refractivity contribution < 1.29 is 14.7 Å². The molecule has 3 rings (SSSR count). The van der Waals surface area contributed by atoms with Gasteiger partial charge in [-0.2, -0.15) is 0 Å². The van der Waals surface area contributed by atoms with Crippen LogP contribution in [0.25, 0.3) is 0 Å². The number of aliphatic carboxylic acids is 1. The summed E-state index contributed by atoms with van der Waals surface area (Å²) >= 11 is 0. The molecule has 21 heavy (non-hydrogen) atoms. The molecular weight excluding hydrogens is 266 g/mol. The SMILES string of the molecule is O=C([O-])[C@@H]1[C@H](C(=O)NCCC2=CCCCC2)[C@@H]2C=C[C@H]1C2. The second-order valence-electron chi connectivity index (χ2n) is 6.47. The Labute approximate surface area is 125 Å². The third kappa shape index (κ3) is 2.89. The van der Waals surface area contributed by atoms with Gasteiger partial charge >= 0.3 is 0 Å². The normalized spacial score (nSPS) is 33.8. The van der Waals surface area contributed by atoms with E-state index in [0.717, 1.165) is 25.7 Å². The van der Waals surface area contributed by atoms with Crippen molar-refractivity contribution >= 4 is 11.9 Å². The van der Waals surface area contributed by atoms with Crippen LogP contribution in [0, 0.1) is 23.7 Å². The molecular formula is C17H22NO3-. The van der Waals surface area contributed by atoms with Crippen LogP contribution in [0.1, 0.15) is 38.5 Å². The zero-order valence-corrected chi connectivity index (χ0v) is 12.2. The average Bonchev–Trinajstić information content (AvgIpc) is 3.08. The molecule has 0 spiro atoms. The third-order valence-electron chi connectivity index (χ3n) is 5.16. The largest absolute Gasteiger partial charge is 0.550 e. The van der Waals surface area contributed by atoms with E-state index in [1.807, 2.05) is 12.2 Å². The van der Waals surface area contributed by atoms with Crippen molar-refractivity contribution in [3.8, 4) is 0 Å². The van der Waals surface area contributed by atoms with Gasteiger partial charge in [0.2, 0.25) is 5.91 Å². The quantitative estimate of drug-likeness (QED) is 0.772. The number of carbonyl (C=O) groups excluding carboxylic acids is 2. The van der Waals surface area contributed by atoms with Crippen molar-refractivity contribution in [2.75, 3.05) is 6.54 Å². The molecule has 1 N–H and O–H groups in total. The molecule has 3 aliphatic rings. The van der Waals surface area contributed by atoms with Gasteiger partial charge in [0, 0.05) is 18.4 Å². The number of fused-ring (bicyclic) bond motifs is 2. The second kappa shape index (κ2) is 6.04. The van der Waals surface area contributed by atoms with E-state index in [1.165, 1.54) is 18.4 Å². The van der Waals surface area contributed by atoms with E-state index < -0.39 is 17.8 Å². The summed E-state index contributed by atoms with van der Waals surface area (Å²) in [6, 6.07) is 0. The van der Waals surface area contributed by atoms with Crippen LogP contribution >= 0.6 is 0 Å². The van der Waals surface area contributed by atoms with Crippen LogP contribution < -0.4 is 10.4 Å². The first kappa shape index (κ1) is 14.4. The molecule has 1 saturated carbocycles. The molecule has 0 unspecified atom stereocenters. The summed E-state index contributed by atoms with van der Waals surface area (Å²) in [4.78, 5) is 23.6. The molecule has 3 aliphatic carbocycles. The lowest BCUT2D eigenvalue weighted by molar-refractivity contribution is -0.313. The van der Waals surface area contributed by atoms with Crippen LogP contribution in [0.4, 0.5) is 0 Å². The fraction of sp³-hybridized carbons (Fsp3) is 0.647. The number of carboxylic acids is 1. The number of carbonyl (C=O) groups is 2. The van der Waals surface area contributed by atoms with Gasteiger partial charge in [-0.15, -0.1) is 0 Å². The number of allylic oxidation sites excluding steroid dienone is 3. The van der Waals surface area contributed by atoms with E-state index in [4.69, 9.17) is 0 Å². The van der Waals surface area contributed by atoms with Gasteiger partial charge < -0.3 is 15.2 Å². The Morgan fingerprint density at radius 2 is 1.95 bits per heavy atom. The third-order valence-corrected chi connectivity index (χ3v) is 5.16. The van der Waals surface area contributed by atoms with Gasteiger partial charge in [-0.05, 0) is 50.4 Å². The lowest BCUT2D eigenvalue weighted by Crippen LogP contribution is -2.45. The Bertz CT molecular complexity index is 494. The van der Waals surface area contributed by atoms with Crippen molar-refractivity contribution in [2.24, 2.45) is 23.7 Å². The van der Waals surface area contributed by atoms with E-state index in [9.17, 15) is 14.7 Å². The Balaban J connectivity index is 1.54. The van der Waals surface area contributed by atoms with Crippen LogP contribution in [0.15, 0.2) is 23.8 Å². The Hall–Kier alpha value is -1.58. The Morgan fingerprint density at radius 3 is 2.62 bits per heavy atom. The number of hydrogen-bond donors (Lipinski definition) is 1. The maximum Gasteiger partial charge on any atom is 0.224 e. The van der Waals surface area contributed by atoms with Crippen molar-refractivity contribution in [2.45, 2.75) is 38.5 Å². The first-order valence-corrected chi connectivity index (χ1v) is 8.01. The average molecular weight is 288 g/mol. The molecule has 4 nitrogen and oxygen atoms in total. The number of hydrogen-bond acceptors (Lipinski definition) is 3. The molecule has 0 saturated heterocycles. The lowest BCUT2D eigenvalue weighted by Gasteiger charge is -2.28. The molecule has 0 aromatic carbocycles. The molecule has 4 heteroatoms. The molecule has 1 fully saturated rings. The van der Waals surface area contributed by atoms with Crippen molar-refractivity contribution in [1.82, 2.24) is 5.32 Å². The predicted octanol–water partition coefficient (Wildman–Crippen LogP) is 1.18. The summed E-state index contributed by atoms with van der Waals surface area (Å²) in [7, 11) is 0. The van der Waals surface area contributed by atoms with Crippen LogP contribution in [0.3, 0.4) is 0 Å². The summed E-state index contributed by atoms with van der Waals surface area (Å²) in [5, 5.41) is 14.2. The van der Waals surface area contributed by atoms with Gasteiger partial charge in [0.1, 0.15) is 0 Å². The maximum atomic E-state index is 12.3. The molecule has 1 amide bonds. The van der Waals surface area contributed by atoms with E-state index >= 15 is 0 Å². The van der Waals surface area contributed by atoms with Gasteiger partial charge in [-0.1, -0.05) is 23.8 Å². The smallest absolute Gasteiger partial charge is 0.224 e. The summed E-state index contributed by atoms with van der Waals surface area (Å²) in [5.41, 5.74) is 1.42. The maximum absolute atomic E-state index is 12.3. The van der Waals surface area contributed by atoms with Gasteiger partial charge in [-0.3, -0.25) is 4.79 Å². The van der Waals surface area contributed by atoms with Crippen molar-refractivity contribution in [1.29, 1.82) is 0 Å². The lowest BCUT2D eigenvalue weighted by atomic mass is 9.82. The molecule has 4 atom stereocenters. The van der Waals surface area contributed by atoms with E-state index in [1.54, 1.807) is 0 Å². The molecule has 2 bridgehead atoms. The second-order valence-corrected chi connectivity index (χ2v) is 6.47. The fourth-order valence-electron chi connectivity index (χ4n) is 4.10. The van der Waals surface area contributed by atoms with Crippen LogP contribution in [-0.2, 0) is 9.59 Å². The monoisotopic (exact) mass is 288 g/mol. The van der Waals surface area contributed by atoms with Crippen LogP contribution in [-0.4, -0.2) is 18.4 Å². The standard InChI is InChI=1S/C17H23NO3/c19-16(18-9-8-11-4-2-1-3-5-11)14-12-6-7-13(10-12)15(14)17(20)21/h4,6-7,12-15H,1-3,5,8-10H2,(H,18,19)(H,20,21)/p-1/t12-,13+,14-,15+/m1/s1. The highest BCUT2D eigenvalue weighted by atomic mass is 16.4. The van der Waals surface area contributed by atoms with Gasteiger partial charge in [0.25, 0.3) is 0 Å². The van der Waals surface area contributed by atoms with E-state index in [2.05, 4.69) is 11.4 Å². The predicted molar refractivity (Wildman–Crippen MR) is 76.9 cm³/mol. The summed E-state index contributed by atoms with van der Waals surface area (Å²) in [6.07, 6.45) is 12.7. The first-order chi connectivity index (χ1) is 10.2. The number of carboxylic acid groups (broad SMARTS) is 1. The Morgan fingerprint density at radius 1 is 1.19 bits per heavy atom. The highest BCUT2D eigenvalue weighted by Gasteiger charge is 2.48. The molecule has 0 radical (unpaired) electrons. The van der Waals surface area contributed by atoms with E-state index in [0.29, 0.717) is 6.54 Å². The topological polar surface area (TPSA) is 69.2 Å². The van der Waals surface area contributed by atoms with Crippen LogP contribution in [0.5, 0.6) is 0 Å². The van der Waals surface area contributed by atoms with E-state index in [-0.39, 0.29) is 17.7 Å². The highest BCUT2D eigenvalue weighted by Crippen LogP contribution is 2.47. The molecule has 0 heterocycles. The number of rotatable bonds is 5. The van der Waals surface area contributed by atoms with Crippen LogP contribution in [0.2, 0.25) is 0 Å². The van der Waals surface area contributed by atoms with Gasteiger partial charge in [-0.25, -0.2) is 0 Å². The molecule has 114 valence electrons. The Kier molecular flexibility index (Phi) is 4.13. The number of amides is 1. The van der Waals surface area contributed by atoms with Gasteiger partial charge in [0.05, 0.1) is 5.92 Å².